The highest BCUT2D eigenvalue weighted by molar-refractivity contribution is 5.48. The normalized spacial score (nSPS) is 21.2. The summed E-state index contributed by atoms with van der Waals surface area (Å²) in [4.78, 5) is 10.5. The molecular weight excluding hydrogens is 200 g/mol. The number of amides is 1. The molecule has 0 radical (unpaired) electrons. The third-order valence-corrected chi connectivity index (χ3v) is 3.02. The van der Waals surface area contributed by atoms with Crippen LogP contribution in [0.15, 0.2) is 23.5 Å². The van der Waals surface area contributed by atoms with Crippen molar-refractivity contribution in [1.29, 1.82) is 0 Å². The summed E-state index contributed by atoms with van der Waals surface area (Å²) in [6, 6.07) is 0.216. The van der Waals surface area contributed by atoms with Gasteiger partial charge in [-0.3, -0.25) is 4.79 Å². The van der Waals surface area contributed by atoms with Gasteiger partial charge in [0.15, 0.2) is 0 Å². The summed E-state index contributed by atoms with van der Waals surface area (Å²) in [7, 11) is 0. The second-order valence-corrected chi connectivity index (χ2v) is 4.23. The minimum atomic E-state index is 0.216. The van der Waals surface area contributed by atoms with Gasteiger partial charge < -0.3 is 10.6 Å². The first-order valence-electron chi connectivity index (χ1n) is 6.10. The van der Waals surface area contributed by atoms with Crippen LogP contribution >= 0.6 is 0 Å². The van der Waals surface area contributed by atoms with E-state index in [1.165, 1.54) is 17.7 Å². The number of carbonyl (C=O) groups is 1. The summed E-state index contributed by atoms with van der Waals surface area (Å²) in [6.45, 7) is 4.26. The van der Waals surface area contributed by atoms with Crippen molar-refractivity contribution in [1.82, 2.24) is 10.6 Å². The van der Waals surface area contributed by atoms with Gasteiger partial charge in [0.25, 0.3) is 0 Å². The Hall–Kier alpha value is -1.25. The fourth-order valence-corrected chi connectivity index (χ4v) is 1.99. The van der Waals surface area contributed by atoms with Gasteiger partial charge in [-0.2, -0.15) is 0 Å². The molecule has 0 fully saturated rings. The standard InChI is InChI=1S/C13H22N2O/c1-3-4-5-9-14-12-7-6-8-13(11(12)2)15-10-16/h5,9-10,13-14H,3-4,6-8H2,1-2H3,(H,15,16)/b9-5+. The molecule has 16 heavy (non-hydrogen) atoms. The molecule has 0 spiro atoms. The topological polar surface area (TPSA) is 41.1 Å². The zero-order chi connectivity index (χ0) is 11.8. The van der Waals surface area contributed by atoms with E-state index in [0.717, 1.165) is 32.1 Å². The highest BCUT2D eigenvalue weighted by Gasteiger charge is 2.18. The van der Waals surface area contributed by atoms with Crippen molar-refractivity contribution in [2.24, 2.45) is 0 Å². The quantitative estimate of drug-likeness (QED) is 0.678. The Bertz CT molecular complexity index is 282. The summed E-state index contributed by atoms with van der Waals surface area (Å²) < 4.78 is 0. The minimum absolute atomic E-state index is 0.216. The van der Waals surface area contributed by atoms with Crippen LogP contribution in [0.4, 0.5) is 0 Å². The van der Waals surface area contributed by atoms with Crippen LogP contribution in [-0.4, -0.2) is 12.5 Å². The van der Waals surface area contributed by atoms with Crippen LogP contribution in [0.5, 0.6) is 0 Å². The average Bonchev–Trinajstić information content (AvgIpc) is 2.29. The summed E-state index contributed by atoms with van der Waals surface area (Å²) in [5.41, 5.74) is 2.53. The van der Waals surface area contributed by atoms with Gasteiger partial charge in [0, 0.05) is 5.70 Å². The molecule has 3 heteroatoms. The summed E-state index contributed by atoms with van der Waals surface area (Å²) in [5, 5.41) is 6.20. The Morgan fingerprint density at radius 3 is 3.00 bits per heavy atom. The SMILES string of the molecule is CCC/C=C/NC1=C(C)C(NC=O)CCC1. The third kappa shape index (κ3) is 3.72. The van der Waals surface area contributed by atoms with Gasteiger partial charge in [0.05, 0.1) is 6.04 Å². The lowest BCUT2D eigenvalue weighted by Gasteiger charge is -2.26. The van der Waals surface area contributed by atoms with Crippen molar-refractivity contribution in [2.45, 2.75) is 52.0 Å². The zero-order valence-electron chi connectivity index (χ0n) is 10.3. The maximum Gasteiger partial charge on any atom is 0.207 e. The lowest BCUT2D eigenvalue weighted by Crippen LogP contribution is -2.33. The van der Waals surface area contributed by atoms with Crippen molar-refractivity contribution in [3.63, 3.8) is 0 Å². The van der Waals surface area contributed by atoms with Crippen LogP contribution in [0.1, 0.15) is 46.0 Å². The van der Waals surface area contributed by atoms with Crippen LogP contribution in [0.3, 0.4) is 0 Å². The number of hydrogen-bond acceptors (Lipinski definition) is 2. The summed E-state index contributed by atoms with van der Waals surface area (Å²) >= 11 is 0. The van der Waals surface area contributed by atoms with Crippen LogP contribution in [0.2, 0.25) is 0 Å². The molecule has 3 nitrogen and oxygen atoms in total. The molecule has 0 aromatic carbocycles. The molecule has 0 saturated heterocycles. The number of allylic oxidation sites excluding steroid dienone is 2. The minimum Gasteiger partial charge on any atom is -0.365 e. The van der Waals surface area contributed by atoms with E-state index in [1.54, 1.807) is 0 Å². The molecule has 0 saturated carbocycles. The van der Waals surface area contributed by atoms with Gasteiger partial charge >= 0.3 is 0 Å². The molecule has 90 valence electrons. The van der Waals surface area contributed by atoms with Gasteiger partial charge in [-0.15, -0.1) is 0 Å². The summed E-state index contributed by atoms with van der Waals surface area (Å²) in [5.74, 6) is 0. The third-order valence-electron chi connectivity index (χ3n) is 3.02. The Balaban J connectivity index is 2.55. The van der Waals surface area contributed by atoms with Gasteiger partial charge in [0.1, 0.15) is 0 Å². The van der Waals surface area contributed by atoms with E-state index in [1.807, 2.05) is 6.20 Å². The maximum atomic E-state index is 10.5. The van der Waals surface area contributed by atoms with Crippen molar-refractivity contribution in [3.05, 3.63) is 23.5 Å². The second-order valence-electron chi connectivity index (χ2n) is 4.23. The zero-order valence-corrected chi connectivity index (χ0v) is 10.3. The number of unbranched alkanes of at least 4 members (excludes halogenated alkanes) is 1. The fraction of sp³-hybridized carbons (Fsp3) is 0.615. The van der Waals surface area contributed by atoms with Gasteiger partial charge in [-0.25, -0.2) is 0 Å². The predicted octanol–water partition coefficient (Wildman–Crippen LogP) is 2.46. The van der Waals surface area contributed by atoms with E-state index in [0.29, 0.717) is 0 Å². The Labute approximate surface area is 98.0 Å². The first kappa shape index (κ1) is 12.8. The Kier molecular flexibility index (Phi) is 5.68. The van der Waals surface area contributed by atoms with Gasteiger partial charge in [-0.05, 0) is 44.4 Å². The summed E-state index contributed by atoms with van der Waals surface area (Å²) in [6.07, 6.45) is 10.5. The molecule has 1 aliphatic rings. The van der Waals surface area contributed by atoms with Crippen LogP contribution in [0.25, 0.3) is 0 Å². The number of nitrogens with one attached hydrogen (secondary N) is 2. The molecule has 1 aliphatic carbocycles. The second kappa shape index (κ2) is 7.09. The molecule has 0 aromatic rings. The van der Waals surface area contributed by atoms with Crippen LogP contribution in [-0.2, 0) is 4.79 Å². The van der Waals surface area contributed by atoms with Crippen molar-refractivity contribution >= 4 is 6.41 Å². The number of rotatable bonds is 6. The van der Waals surface area contributed by atoms with E-state index < -0.39 is 0 Å². The highest BCUT2D eigenvalue weighted by atomic mass is 16.1. The molecular formula is C13H22N2O. The van der Waals surface area contributed by atoms with E-state index in [4.69, 9.17) is 0 Å². The lowest BCUT2D eigenvalue weighted by atomic mass is 9.92. The molecule has 2 N–H and O–H groups in total. The maximum absolute atomic E-state index is 10.5. The molecule has 0 heterocycles. The lowest BCUT2D eigenvalue weighted by molar-refractivity contribution is -0.110. The number of carbonyl (C=O) groups excluding carboxylic acids is 1. The van der Waals surface area contributed by atoms with E-state index >= 15 is 0 Å². The van der Waals surface area contributed by atoms with Crippen molar-refractivity contribution in [2.75, 3.05) is 0 Å². The van der Waals surface area contributed by atoms with Crippen LogP contribution < -0.4 is 10.6 Å². The first-order chi connectivity index (χ1) is 7.79. The molecule has 1 amide bonds. The largest absolute Gasteiger partial charge is 0.365 e. The molecule has 1 unspecified atom stereocenters. The first-order valence-corrected chi connectivity index (χ1v) is 6.10. The predicted molar refractivity (Wildman–Crippen MR) is 66.7 cm³/mol. The molecule has 0 aliphatic heterocycles. The van der Waals surface area contributed by atoms with E-state index in [2.05, 4.69) is 30.6 Å². The monoisotopic (exact) mass is 222 g/mol. The average molecular weight is 222 g/mol. The van der Waals surface area contributed by atoms with Crippen molar-refractivity contribution in [3.8, 4) is 0 Å². The van der Waals surface area contributed by atoms with Crippen LogP contribution in [0, 0.1) is 0 Å². The fourth-order valence-electron chi connectivity index (χ4n) is 1.99. The molecule has 1 rings (SSSR count). The molecule has 1 atom stereocenters. The number of hydrogen-bond donors (Lipinski definition) is 2. The van der Waals surface area contributed by atoms with E-state index in [-0.39, 0.29) is 6.04 Å². The Morgan fingerprint density at radius 1 is 1.50 bits per heavy atom. The van der Waals surface area contributed by atoms with Gasteiger partial charge in [0.2, 0.25) is 6.41 Å². The highest BCUT2D eigenvalue weighted by Crippen LogP contribution is 2.22. The smallest absolute Gasteiger partial charge is 0.207 e. The molecule has 0 bridgehead atoms. The Morgan fingerprint density at radius 2 is 2.31 bits per heavy atom. The van der Waals surface area contributed by atoms with E-state index in [9.17, 15) is 4.79 Å². The van der Waals surface area contributed by atoms with Crippen molar-refractivity contribution < 1.29 is 4.79 Å². The van der Waals surface area contributed by atoms with Gasteiger partial charge in [-0.1, -0.05) is 19.4 Å². The molecule has 0 aromatic heterocycles.